The molecule has 20 heavy (non-hydrogen) atoms. The van der Waals surface area contributed by atoms with E-state index < -0.39 is 5.54 Å². The third kappa shape index (κ3) is 2.69. The Bertz CT molecular complexity index is 595. The molecule has 0 spiro atoms. The predicted octanol–water partition coefficient (Wildman–Crippen LogP) is 0.409. The number of piperazine rings is 1. The fourth-order valence-electron chi connectivity index (χ4n) is 2.05. The molecule has 0 unspecified atom stereocenters. The second-order valence-corrected chi connectivity index (χ2v) is 6.03. The maximum absolute atomic E-state index is 12.5. The normalized spacial score (nSPS) is 17.1. The van der Waals surface area contributed by atoms with Gasteiger partial charge in [-0.25, -0.2) is 0 Å². The highest BCUT2D eigenvalue weighted by Gasteiger charge is 2.40. The zero-order valence-corrected chi connectivity index (χ0v) is 12.3. The highest BCUT2D eigenvalue weighted by molar-refractivity contribution is 7.14. The van der Waals surface area contributed by atoms with Gasteiger partial charge in [-0.1, -0.05) is 11.8 Å². The van der Waals surface area contributed by atoms with Crippen LogP contribution < -0.4 is 11.1 Å². The van der Waals surface area contributed by atoms with E-state index in [2.05, 4.69) is 17.2 Å². The van der Waals surface area contributed by atoms with E-state index in [9.17, 15) is 9.59 Å². The molecule has 0 aliphatic carbocycles. The summed E-state index contributed by atoms with van der Waals surface area (Å²) in [5, 5.41) is 2.78. The maximum atomic E-state index is 12.5. The van der Waals surface area contributed by atoms with Crippen LogP contribution in [0.5, 0.6) is 0 Å². The van der Waals surface area contributed by atoms with Gasteiger partial charge >= 0.3 is 0 Å². The van der Waals surface area contributed by atoms with Crippen molar-refractivity contribution in [2.75, 3.05) is 19.6 Å². The minimum atomic E-state index is -0.831. The van der Waals surface area contributed by atoms with E-state index in [0.717, 1.165) is 4.88 Å². The fraction of sp³-hybridized carbons (Fsp3) is 0.429. The Kier molecular flexibility index (Phi) is 4.12. The molecule has 2 heterocycles. The van der Waals surface area contributed by atoms with Gasteiger partial charge in [0.25, 0.3) is 5.91 Å². The summed E-state index contributed by atoms with van der Waals surface area (Å²) in [6, 6.07) is 3.55. The van der Waals surface area contributed by atoms with Gasteiger partial charge in [-0.3, -0.25) is 9.59 Å². The molecule has 1 aromatic heterocycles. The van der Waals surface area contributed by atoms with Gasteiger partial charge < -0.3 is 16.0 Å². The summed E-state index contributed by atoms with van der Waals surface area (Å²) in [7, 11) is 0. The van der Waals surface area contributed by atoms with Gasteiger partial charge in [0.15, 0.2) is 0 Å². The van der Waals surface area contributed by atoms with E-state index in [0.29, 0.717) is 24.5 Å². The number of carbonyl (C=O) groups is 2. The molecule has 3 N–H and O–H groups in total. The van der Waals surface area contributed by atoms with Gasteiger partial charge in [0, 0.05) is 13.1 Å². The number of hydrogen-bond acceptors (Lipinski definition) is 4. The maximum Gasteiger partial charge on any atom is 0.264 e. The van der Waals surface area contributed by atoms with Gasteiger partial charge in [-0.05, 0) is 26.0 Å². The van der Waals surface area contributed by atoms with Crippen LogP contribution in [0, 0.1) is 11.8 Å². The monoisotopic (exact) mass is 291 g/mol. The van der Waals surface area contributed by atoms with Crippen molar-refractivity contribution in [1.82, 2.24) is 10.2 Å². The van der Waals surface area contributed by atoms with E-state index in [1.807, 2.05) is 0 Å². The molecule has 1 aromatic rings. The molecule has 1 saturated heterocycles. The average Bonchev–Trinajstić information content (AvgIpc) is 2.87. The van der Waals surface area contributed by atoms with Crippen LogP contribution in [0.25, 0.3) is 0 Å². The standard InChI is InChI=1S/C14H17N3O2S/c1-14(2)13(19)16-8-9-17(14)12(18)11-6-5-10(20-11)4-3-7-15/h5-6H,7-9,15H2,1-2H3,(H,16,19). The van der Waals surface area contributed by atoms with Crippen molar-refractivity contribution in [3.63, 3.8) is 0 Å². The van der Waals surface area contributed by atoms with Crippen molar-refractivity contribution < 1.29 is 9.59 Å². The van der Waals surface area contributed by atoms with E-state index in [1.54, 1.807) is 30.9 Å². The summed E-state index contributed by atoms with van der Waals surface area (Å²) < 4.78 is 0. The van der Waals surface area contributed by atoms with Crippen LogP contribution in [-0.4, -0.2) is 41.9 Å². The van der Waals surface area contributed by atoms with Crippen molar-refractivity contribution >= 4 is 23.2 Å². The largest absolute Gasteiger partial charge is 0.352 e. The number of nitrogens with two attached hydrogens (primary N) is 1. The molecular formula is C14H17N3O2S. The smallest absolute Gasteiger partial charge is 0.264 e. The Morgan fingerprint density at radius 2 is 2.30 bits per heavy atom. The van der Waals surface area contributed by atoms with Crippen molar-refractivity contribution in [2.24, 2.45) is 5.73 Å². The zero-order chi connectivity index (χ0) is 14.8. The molecule has 1 fully saturated rings. The highest BCUT2D eigenvalue weighted by atomic mass is 32.1. The first-order valence-corrected chi connectivity index (χ1v) is 7.17. The van der Waals surface area contributed by atoms with E-state index in [4.69, 9.17) is 5.73 Å². The molecule has 0 radical (unpaired) electrons. The number of nitrogens with one attached hydrogen (secondary N) is 1. The molecule has 1 aliphatic heterocycles. The summed E-state index contributed by atoms with van der Waals surface area (Å²) in [6.45, 7) is 4.79. The lowest BCUT2D eigenvalue weighted by atomic mass is 9.98. The summed E-state index contributed by atoms with van der Waals surface area (Å²) in [6.07, 6.45) is 0. The lowest BCUT2D eigenvalue weighted by Gasteiger charge is -2.40. The van der Waals surface area contributed by atoms with Gasteiger partial charge in [0.2, 0.25) is 5.91 Å². The number of thiophene rings is 1. The first kappa shape index (κ1) is 14.6. The second kappa shape index (κ2) is 5.65. The average molecular weight is 291 g/mol. The first-order chi connectivity index (χ1) is 9.46. The highest BCUT2D eigenvalue weighted by Crippen LogP contribution is 2.24. The number of rotatable bonds is 1. The molecule has 2 rings (SSSR count). The number of amides is 2. The number of hydrogen-bond donors (Lipinski definition) is 2. The fourth-order valence-corrected chi connectivity index (χ4v) is 2.88. The van der Waals surface area contributed by atoms with Crippen LogP contribution in [0.15, 0.2) is 12.1 Å². The van der Waals surface area contributed by atoms with Crippen LogP contribution in [0.3, 0.4) is 0 Å². The minimum Gasteiger partial charge on any atom is -0.352 e. The molecule has 0 aromatic carbocycles. The van der Waals surface area contributed by atoms with E-state index >= 15 is 0 Å². The van der Waals surface area contributed by atoms with E-state index in [1.165, 1.54) is 11.3 Å². The van der Waals surface area contributed by atoms with Gasteiger partial charge in [-0.2, -0.15) is 0 Å². The van der Waals surface area contributed by atoms with Crippen molar-refractivity contribution in [3.05, 3.63) is 21.9 Å². The zero-order valence-electron chi connectivity index (χ0n) is 11.5. The first-order valence-electron chi connectivity index (χ1n) is 6.36. The molecule has 5 nitrogen and oxygen atoms in total. The summed E-state index contributed by atoms with van der Waals surface area (Å²) in [5.41, 5.74) is 4.49. The molecular weight excluding hydrogens is 274 g/mol. The second-order valence-electron chi connectivity index (χ2n) is 4.94. The Hall–Kier alpha value is -1.84. The molecule has 0 atom stereocenters. The number of carbonyl (C=O) groups excluding carboxylic acids is 2. The Balaban J connectivity index is 2.22. The molecule has 6 heteroatoms. The van der Waals surface area contributed by atoms with Crippen molar-refractivity contribution in [3.8, 4) is 11.8 Å². The third-order valence-corrected chi connectivity index (χ3v) is 4.22. The van der Waals surface area contributed by atoms with Gasteiger partial charge in [0.1, 0.15) is 5.54 Å². The summed E-state index contributed by atoms with van der Waals surface area (Å²) in [4.78, 5) is 27.4. The van der Waals surface area contributed by atoms with Crippen LogP contribution in [-0.2, 0) is 4.79 Å². The van der Waals surface area contributed by atoms with Crippen molar-refractivity contribution in [2.45, 2.75) is 19.4 Å². The minimum absolute atomic E-state index is 0.128. The molecule has 0 saturated carbocycles. The lowest BCUT2D eigenvalue weighted by Crippen LogP contribution is -2.63. The van der Waals surface area contributed by atoms with Gasteiger partial charge in [-0.15, -0.1) is 11.3 Å². The Morgan fingerprint density at radius 1 is 1.55 bits per heavy atom. The van der Waals surface area contributed by atoms with Crippen LogP contribution in [0.2, 0.25) is 0 Å². The van der Waals surface area contributed by atoms with E-state index in [-0.39, 0.29) is 11.8 Å². The summed E-state index contributed by atoms with van der Waals surface area (Å²) >= 11 is 1.32. The predicted molar refractivity (Wildman–Crippen MR) is 78.4 cm³/mol. The quantitative estimate of drug-likeness (QED) is 0.736. The van der Waals surface area contributed by atoms with Crippen LogP contribution in [0.4, 0.5) is 0 Å². The van der Waals surface area contributed by atoms with Gasteiger partial charge in [0.05, 0.1) is 16.3 Å². The molecule has 106 valence electrons. The topological polar surface area (TPSA) is 75.4 Å². The Morgan fingerprint density at radius 3 is 3.00 bits per heavy atom. The molecule has 1 aliphatic rings. The summed E-state index contributed by atoms with van der Waals surface area (Å²) in [5.74, 6) is 5.41. The SMILES string of the molecule is CC1(C)C(=O)NCCN1C(=O)c1ccc(C#CCN)s1. The lowest BCUT2D eigenvalue weighted by molar-refractivity contribution is -0.133. The number of nitrogens with zero attached hydrogens (tertiary/aromatic N) is 1. The third-order valence-electron chi connectivity index (χ3n) is 3.23. The van der Waals surface area contributed by atoms with Crippen LogP contribution >= 0.6 is 11.3 Å². The molecule has 0 bridgehead atoms. The van der Waals surface area contributed by atoms with Crippen LogP contribution in [0.1, 0.15) is 28.4 Å². The Labute approximate surface area is 122 Å². The molecule has 2 amide bonds. The van der Waals surface area contributed by atoms with Crippen molar-refractivity contribution in [1.29, 1.82) is 0 Å².